The molecule has 0 aliphatic carbocycles. The highest BCUT2D eigenvalue weighted by molar-refractivity contribution is 7.79. The number of rotatable bonds is 3. The van der Waals surface area contributed by atoms with Gasteiger partial charge in [-0.05, 0) is 6.92 Å². The third-order valence-corrected chi connectivity index (χ3v) is 1.25. The molecule has 0 fully saturated rings. The minimum Gasteiger partial charge on any atom is -0.772 e. The summed E-state index contributed by atoms with van der Waals surface area (Å²) in [6.45, 7) is 0.694. The van der Waals surface area contributed by atoms with Crippen molar-refractivity contribution in [2.45, 2.75) is 19.3 Å². The van der Waals surface area contributed by atoms with Gasteiger partial charge in [-0.1, -0.05) is 11.1 Å². The van der Waals surface area contributed by atoms with Gasteiger partial charge in [-0.25, -0.2) is 8.78 Å². The molecule has 1 atom stereocenters. The molecule has 0 saturated carbocycles. The third-order valence-electron chi connectivity index (χ3n) is 0.708. The van der Waals surface area contributed by atoms with Crippen LogP contribution in [0.1, 0.15) is 13.3 Å². The molecule has 0 aromatic rings. The maximum absolute atomic E-state index is 11.8. The molecular weight excluding hydrogens is 150 g/mol. The normalized spacial score (nSPS) is 15.6. The minimum absolute atomic E-state index is 0.469. The van der Waals surface area contributed by atoms with Crippen LogP contribution >= 0.6 is 0 Å². The third kappa shape index (κ3) is 7.97. The molecule has 0 aliphatic rings. The predicted octanol–water partition coefficient (Wildman–Crippen LogP) is 0.911. The first-order valence-corrected chi connectivity index (χ1v) is 3.60. The molecule has 0 heterocycles. The van der Waals surface area contributed by atoms with Gasteiger partial charge in [0, 0.05) is 12.2 Å². The first kappa shape index (κ1) is 8.97. The zero-order valence-electron chi connectivity index (χ0n) is 4.89. The fourth-order valence-electron chi connectivity index (χ4n) is 0.263. The Morgan fingerprint density at radius 3 is 2.22 bits per heavy atom. The standard InChI is InChI=1S/C4H8F2O2S/c1-4(5,6)2-3-9(7)8/h2-3H2,1H3,(H,7,8)/p-1. The summed E-state index contributed by atoms with van der Waals surface area (Å²) in [6, 6.07) is 0. The summed E-state index contributed by atoms with van der Waals surface area (Å²) in [5.41, 5.74) is 0. The molecule has 0 rings (SSSR count). The molecule has 2 nitrogen and oxygen atoms in total. The second-order valence-corrected chi connectivity index (χ2v) is 2.84. The Morgan fingerprint density at radius 2 is 2.11 bits per heavy atom. The van der Waals surface area contributed by atoms with Crippen molar-refractivity contribution in [1.82, 2.24) is 0 Å². The maximum atomic E-state index is 11.8. The van der Waals surface area contributed by atoms with Gasteiger partial charge in [0.15, 0.2) is 0 Å². The van der Waals surface area contributed by atoms with Gasteiger partial charge in [-0.15, -0.1) is 0 Å². The predicted molar refractivity (Wildman–Crippen MR) is 29.0 cm³/mol. The molecule has 5 heteroatoms. The van der Waals surface area contributed by atoms with Gasteiger partial charge in [-0.2, -0.15) is 0 Å². The molecule has 0 radical (unpaired) electrons. The van der Waals surface area contributed by atoms with E-state index in [0.29, 0.717) is 6.92 Å². The van der Waals surface area contributed by atoms with Crippen LogP contribution in [0.25, 0.3) is 0 Å². The molecule has 1 unspecified atom stereocenters. The van der Waals surface area contributed by atoms with Crippen molar-refractivity contribution in [3.63, 3.8) is 0 Å². The lowest BCUT2D eigenvalue weighted by molar-refractivity contribution is 0.0188. The van der Waals surface area contributed by atoms with Crippen molar-refractivity contribution in [3.05, 3.63) is 0 Å². The van der Waals surface area contributed by atoms with E-state index in [0.717, 1.165) is 0 Å². The van der Waals surface area contributed by atoms with E-state index in [1.165, 1.54) is 0 Å². The molecule has 0 aromatic carbocycles. The lowest BCUT2D eigenvalue weighted by atomic mass is 10.3. The van der Waals surface area contributed by atoms with Crippen LogP contribution in [0.2, 0.25) is 0 Å². The van der Waals surface area contributed by atoms with Gasteiger partial charge in [0.1, 0.15) is 0 Å². The van der Waals surface area contributed by atoms with Gasteiger partial charge in [-0.3, -0.25) is 4.21 Å². The SMILES string of the molecule is CC(F)(F)CCS(=O)[O-]. The Morgan fingerprint density at radius 1 is 1.67 bits per heavy atom. The van der Waals surface area contributed by atoms with Crippen LogP contribution in [0, 0.1) is 0 Å². The van der Waals surface area contributed by atoms with Crippen LogP contribution in [0.3, 0.4) is 0 Å². The van der Waals surface area contributed by atoms with E-state index in [9.17, 15) is 17.5 Å². The minimum atomic E-state index is -2.86. The summed E-state index contributed by atoms with van der Waals surface area (Å²) < 4.78 is 43.0. The van der Waals surface area contributed by atoms with E-state index in [-0.39, 0.29) is 0 Å². The van der Waals surface area contributed by atoms with Crippen LogP contribution in [0.15, 0.2) is 0 Å². The Balaban J connectivity index is 3.39. The Kier molecular flexibility index (Phi) is 3.21. The lowest BCUT2D eigenvalue weighted by Crippen LogP contribution is -2.13. The fraction of sp³-hybridized carbons (Fsp3) is 1.00. The van der Waals surface area contributed by atoms with Crippen LogP contribution < -0.4 is 0 Å². The number of alkyl halides is 2. The molecular formula is C4H7F2O2S-. The van der Waals surface area contributed by atoms with Gasteiger partial charge in [0.25, 0.3) is 0 Å². The molecule has 0 bridgehead atoms. The van der Waals surface area contributed by atoms with Crippen molar-refractivity contribution in [1.29, 1.82) is 0 Å². The average Bonchev–Trinajstić information content (AvgIpc) is 1.59. The average molecular weight is 157 g/mol. The van der Waals surface area contributed by atoms with Gasteiger partial charge >= 0.3 is 0 Å². The quantitative estimate of drug-likeness (QED) is 0.571. The molecule has 56 valence electrons. The summed E-state index contributed by atoms with van der Waals surface area (Å²) in [5, 5.41) is 0. The summed E-state index contributed by atoms with van der Waals surface area (Å²) in [6.07, 6.45) is -0.594. The summed E-state index contributed by atoms with van der Waals surface area (Å²) in [4.78, 5) is 0. The molecule has 0 saturated heterocycles. The number of hydrogen-bond donors (Lipinski definition) is 0. The summed E-state index contributed by atoms with van der Waals surface area (Å²) >= 11 is -2.34. The van der Waals surface area contributed by atoms with Crippen LogP contribution in [-0.2, 0) is 11.1 Å². The van der Waals surface area contributed by atoms with E-state index in [2.05, 4.69) is 0 Å². The molecule has 0 spiro atoms. The van der Waals surface area contributed by atoms with E-state index in [1.54, 1.807) is 0 Å². The zero-order valence-corrected chi connectivity index (χ0v) is 5.71. The smallest absolute Gasteiger partial charge is 0.246 e. The maximum Gasteiger partial charge on any atom is 0.246 e. The molecule has 0 aromatic heterocycles. The Bertz CT molecular complexity index is 110. The zero-order chi connectivity index (χ0) is 7.49. The van der Waals surface area contributed by atoms with E-state index in [4.69, 9.17) is 0 Å². The first-order chi connectivity index (χ1) is 3.92. The first-order valence-electron chi connectivity index (χ1n) is 2.35. The van der Waals surface area contributed by atoms with Crippen LogP contribution in [0.5, 0.6) is 0 Å². The van der Waals surface area contributed by atoms with Gasteiger partial charge in [0.2, 0.25) is 5.92 Å². The molecule has 0 aliphatic heterocycles. The van der Waals surface area contributed by atoms with Crippen molar-refractivity contribution >= 4 is 11.1 Å². The van der Waals surface area contributed by atoms with Crippen LogP contribution in [-0.4, -0.2) is 20.4 Å². The highest BCUT2D eigenvalue weighted by Crippen LogP contribution is 2.15. The molecule has 9 heavy (non-hydrogen) atoms. The Labute approximate surface area is 54.5 Å². The lowest BCUT2D eigenvalue weighted by Gasteiger charge is -2.10. The van der Waals surface area contributed by atoms with Crippen molar-refractivity contribution in [2.75, 3.05) is 5.75 Å². The number of halogens is 2. The van der Waals surface area contributed by atoms with Crippen molar-refractivity contribution in [2.24, 2.45) is 0 Å². The van der Waals surface area contributed by atoms with E-state index >= 15 is 0 Å². The van der Waals surface area contributed by atoms with E-state index in [1.807, 2.05) is 0 Å². The Hall–Kier alpha value is -0.0300. The highest BCUT2D eigenvalue weighted by Gasteiger charge is 2.19. The van der Waals surface area contributed by atoms with E-state index < -0.39 is 29.2 Å². The second-order valence-electron chi connectivity index (χ2n) is 1.83. The molecule has 0 N–H and O–H groups in total. The van der Waals surface area contributed by atoms with Crippen molar-refractivity contribution < 1.29 is 17.5 Å². The number of hydrogen-bond acceptors (Lipinski definition) is 2. The second kappa shape index (κ2) is 3.22. The van der Waals surface area contributed by atoms with Crippen molar-refractivity contribution in [3.8, 4) is 0 Å². The van der Waals surface area contributed by atoms with Gasteiger partial charge < -0.3 is 4.55 Å². The summed E-state index contributed by atoms with van der Waals surface area (Å²) in [7, 11) is 0. The fourth-order valence-corrected chi connectivity index (χ4v) is 0.788. The topological polar surface area (TPSA) is 40.1 Å². The summed E-state index contributed by atoms with van der Waals surface area (Å²) in [5.74, 6) is -3.33. The largest absolute Gasteiger partial charge is 0.772 e. The van der Waals surface area contributed by atoms with Gasteiger partial charge in [0.05, 0.1) is 0 Å². The molecule has 0 amide bonds. The highest BCUT2D eigenvalue weighted by atomic mass is 32.2. The van der Waals surface area contributed by atoms with Crippen LogP contribution in [0.4, 0.5) is 8.78 Å². The monoisotopic (exact) mass is 157 g/mol.